The minimum atomic E-state index is -0.830. The van der Waals surface area contributed by atoms with Crippen molar-refractivity contribution in [3.8, 4) is 17.6 Å². The van der Waals surface area contributed by atoms with E-state index in [-0.39, 0.29) is 13.2 Å². The lowest BCUT2D eigenvalue weighted by atomic mass is 10.2. The zero-order chi connectivity index (χ0) is 16.7. The van der Waals surface area contributed by atoms with Gasteiger partial charge in [-0.3, -0.25) is 0 Å². The maximum absolute atomic E-state index is 11.7. The number of nitrogens with zero attached hydrogens (tertiary/aromatic N) is 1. The summed E-state index contributed by atoms with van der Waals surface area (Å²) in [4.78, 5) is 22.9. The van der Waals surface area contributed by atoms with Crippen molar-refractivity contribution in [2.24, 2.45) is 0 Å². The predicted molar refractivity (Wildman–Crippen MR) is 78.6 cm³/mol. The van der Waals surface area contributed by atoms with Gasteiger partial charge >= 0.3 is 11.9 Å². The number of carbonyl (C=O) groups is 2. The van der Waals surface area contributed by atoms with Gasteiger partial charge in [0.15, 0.2) is 18.1 Å². The van der Waals surface area contributed by atoms with E-state index in [0.29, 0.717) is 23.5 Å². The van der Waals surface area contributed by atoms with E-state index >= 15 is 0 Å². The minimum Gasteiger partial charge on any atom is -0.493 e. The number of esters is 2. The van der Waals surface area contributed by atoms with Crippen LogP contribution in [0.4, 0.5) is 0 Å². The smallest absolute Gasteiger partial charge is 0.347 e. The van der Waals surface area contributed by atoms with Crippen LogP contribution in [-0.4, -0.2) is 38.4 Å². The third kappa shape index (κ3) is 4.48. The summed E-state index contributed by atoms with van der Waals surface area (Å²) >= 11 is 0. The number of cyclic esters (lactones) is 1. The van der Waals surface area contributed by atoms with E-state index in [1.165, 1.54) is 19.3 Å². The molecule has 0 spiro atoms. The predicted octanol–water partition coefficient (Wildman–Crippen LogP) is 1.47. The van der Waals surface area contributed by atoms with Crippen molar-refractivity contribution in [1.82, 2.24) is 0 Å². The number of methoxy groups -OCH3 is 1. The van der Waals surface area contributed by atoms with E-state index in [0.717, 1.165) is 0 Å². The normalized spacial score (nSPS) is 16.7. The molecule has 2 rings (SSSR count). The number of benzene rings is 1. The Balaban J connectivity index is 2.00. The maximum Gasteiger partial charge on any atom is 0.347 e. The zero-order valence-corrected chi connectivity index (χ0v) is 12.5. The van der Waals surface area contributed by atoms with Gasteiger partial charge in [0, 0.05) is 12.5 Å². The summed E-state index contributed by atoms with van der Waals surface area (Å²) in [5, 5.41) is 8.52. The molecule has 23 heavy (non-hydrogen) atoms. The summed E-state index contributed by atoms with van der Waals surface area (Å²) in [5.41, 5.74) is 0.678. The number of hydrogen-bond donors (Lipinski definition) is 0. The van der Waals surface area contributed by atoms with E-state index < -0.39 is 18.0 Å². The molecule has 7 heteroatoms. The van der Waals surface area contributed by atoms with Crippen molar-refractivity contribution >= 4 is 18.0 Å². The second-order valence-electron chi connectivity index (χ2n) is 4.57. The molecule has 1 aromatic carbocycles. The van der Waals surface area contributed by atoms with Gasteiger partial charge in [-0.05, 0) is 23.8 Å². The molecule has 1 aliphatic heterocycles. The van der Waals surface area contributed by atoms with Crippen LogP contribution in [0.15, 0.2) is 24.3 Å². The molecule has 1 aliphatic rings. The molecule has 0 saturated carbocycles. The van der Waals surface area contributed by atoms with Crippen LogP contribution in [-0.2, 0) is 19.1 Å². The topological polar surface area (TPSA) is 94.8 Å². The fourth-order valence-corrected chi connectivity index (χ4v) is 1.95. The Morgan fingerprint density at radius 3 is 2.96 bits per heavy atom. The molecule has 0 aromatic heterocycles. The van der Waals surface area contributed by atoms with E-state index in [1.807, 2.05) is 6.07 Å². The quantitative estimate of drug-likeness (QED) is 0.579. The Labute approximate surface area is 133 Å². The maximum atomic E-state index is 11.7. The average molecular weight is 317 g/mol. The van der Waals surface area contributed by atoms with Gasteiger partial charge < -0.3 is 18.9 Å². The fourth-order valence-electron chi connectivity index (χ4n) is 1.95. The summed E-state index contributed by atoms with van der Waals surface area (Å²) in [6, 6.07) is 6.85. The van der Waals surface area contributed by atoms with Gasteiger partial charge in [0.25, 0.3) is 0 Å². The molecule has 0 amide bonds. The zero-order valence-electron chi connectivity index (χ0n) is 12.5. The summed E-state index contributed by atoms with van der Waals surface area (Å²) in [7, 11) is 1.47. The van der Waals surface area contributed by atoms with E-state index in [9.17, 15) is 9.59 Å². The first-order chi connectivity index (χ1) is 11.1. The summed E-state index contributed by atoms with van der Waals surface area (Å²) in [6.45, 7) is 0.178. The Bertz CT molecular complexity index is 661. The number of rotatable bonds is 6. The Morgan fingerprint density at radius 1 is 1.48 bits per heavy atom. The number of hydrogen-bond acceptors (Lipinski definition) is 7. The summed E-state index contributed by atoms with van der Waals surface area (Å²) in [5.74, 6) is -0.275. The first-order valence-electron chi connectivity index (χ1n) is 6.87. The molecule has 0 unspecified atom stereocenters. The van der Waals surface area contributed by atoms with E-state index in [1.54, 1.807) is 18.2 Å². The number of nitriles is 1. The highest BCUT2D eigenvalue weighted by molar-refractivity contribution is 5.89. The number of ether oxygens (including phenoxy) is 4. The van der Waals surface area contributed by atoms with Gasteiger partial charge in [-0.15, -0.1) is 0 Å². The van der Waals surface area contributed by atoms with Crippen molar-refractivity contribution in [3.63, 3.8) is 0 Å². The Kier molecular flexibility index (Phi) is 5.58. The van der Waals surface area contributed by atoms with Gasteiger partial charge in [-0.25, -0.2) is 9.59 Å². The molecule has 0 bridgehead atoms. The molecular weight excluding hydrogens is 302 g/mol. The molecule has 1 heterocycles. The molecule has 7 nitrogen and oxygen atoms in total. The number of carbonyl (C=O) groups excluding carboxylic acids is 2. The van der Waals surface area contributed by atoms with Gasteiger partial charge in [-0.2, -0.15) is 5.26 Å². The molecule has 0 aliphatic carbocycles. The van der Waals surface area contributed by atoms with E-state index in [4.69, 9.17) is 24.2 Å². The highest BCUT2D eigenvalue weighted by Crippen LogP contribution is 2.28. The lowest BCUT2D eigenvalue weighted by molar-refractivity contribution is -0.156. The lowest BCUT2D eigenvalue weighted by Crippen LogP contribution is -2.21. The highest BCUT2D eigenvalue weighted by Gasteiger charge is 2.29. The largest absolute Gasteiger partial charge is 0.493 e. The Hall–Kier alpha value is -3.01. The standard InChI is InChI=1S/C16H15NO6/c1-20-14-10-11(2-4-12(14)21-9-7-17)3-5-15(18)23-13-6-8-22-16(13)19/h2-5,10,13H,6,8-9H2,1H3/b5-3+/t13-/m1/s1. The summed E-state index contributed by atoms with van der Waals surface area (Å²) in [6.07, 6.45) is 2.29. The molecule has 1 fully saturated rings. The molecule has 120 valence electrons. The van der Waals surface area contributed by atoms with Gasteiger partial charge in [0.1, 0.15) is 6.07 Å². The molecule has 1 saturated heterocycles. The van der Waals surface area contributed by atoms with Gasteiger partial charge in [-0.1, -0.05) is 6.07 Å². The first-order valence-corrected chi connectivity index (χ1v) is 6.87. The second-order valence-corrected chi connectivity index (χ2v) is 4.57. The monoisotopic (exact) mass is 317 g/mol. The van der Waals surface area contributed by atoms with Crippen LogP contribution in [0.5, 0.6) is 11.5 Å². The molecule has 0 N–H and O–H groups in total. The third-order valence-electron chi connectivity index (χ3n) is 3.04. The van der Waals surface area contributed by atoms with Crippen molar-refractivity contribution in [2.45, 2.75) is 12.5 Å². The van der Waals surface area contributed by atoms with Crippen LogP contribution in [0.3, 0.4) is 0 Å². The molecule has 1 aromatic rings. The van der Waals surface area contributed by atoms with Crippen LogP contribution in [0.25, 0.3) is 6.08 Å². The molecule has 0 radical (unpaired) electrons. The van der Waals surface area contributed by atoms with Crippen molar-refractivity contribution in [3.05, 3.63) is 29.8 Å². The Morgan fingerprint density at radius 2 is 2.30 bits per heavy atom. The van der Waals surface area contributed by atoms with Crippen molar-refractivity contribution < 1.29 is 28.5 Å². The SMILES string of the molecule is COc1cc(/C=C/C(=O)O[C@@H]2CCOC2=O)ccc1OCC#N. The molecule has 1 atom stereocenters. The minimum absolute atomic E-state index is 0.0879. The van der Waals surface area contributed by atoms with Crippen molar-refractivity contribution in [2.75, 3.05) is 20.3 Å². The van der Waals surface area contributed by atoms with Gasteiger partial charge in [0.2, 0.25) is 6.10 Å². The van der Waals surface area contributed by atoms with Crippen LogP contribution in [0.1, 0.15) is 12.0 Å². The van der Waals surface area contributed by atoms with Crippen LogP contribution < -0.4 is 9.47 Å². The van der Waals surface area contributed by atoms with Crippen LogP contribution in [0.2, 0.25) is 0 Å². The van der Waals surface area contributed by atoms with Crippen LogP contribution >= 0.6 is 0 Å². The second kappa shape index (κ2) is 7.84. The average Bonchev–Trinajstić information content (AvgIpc) is 2.96. The first kappa shape index (κ1) is 16.4. The van der Waals surface area contributed by atoms with Gasteiger partial charge in [0.05, 0.1) is 13.7 Å². The van der Waals surface area contributed by atoms with Crippen LogP contribution in [0, 0.1) is 11.3 Å². The van der Waals surface area contributed by atoms with Crippen molar-refractivity contribution in [1.29, 1.82) is 5.26 Å². The lowest BCUT2D eigenvalue weighted by Gasteiger charge is -2.09. The third-order valence-corrected chi connectivity index (χ3v) is 3.04. The van der Waals surface area contributed by atoms with E-state index in [2.05, 4.69) is 0 Å². The highest BCUT2D eigenvalue weighted by atomic mass is 16.6. The fraction of sp³-hybridized carbons (Fsp3) is 0.312. The summed E-state index contributed by atoms with van der Waals surface area (Å²) < 4.78 is 20.1. The molecular formula is C16H15NO6.